The summed E-state index contributed by atoms with van der Waals surface area (Å²) in [5.74, 6) is -2.07. The van der Waals surface area contributed by atoms with Gasteiger partial charge in [-0.3, -0.25) is 14.6 Å². The first kappa shape index (κ1) is 32.3. The Morgan fingerprint density at radius 1 is 0.886 bits per heavy atom. The van der Waals surface area contributed by atoms with E-state index in [4.69, 9.17) is 15.2 Å². The maximum absolute atomic E-state index is 13.8. The van der Waals surface area contributed by atoms with E-state index in [0.29, 0.717) is 29.9 Å². The number of allylic oxidation sites excluding steroid dienone is 2. The third kappa shape index (κ3) is 6.64. The number of nitro groups is 1. The number of carbonyl (C=O) groups is 2. The van der Waals surface area contributed by atoms with Crippen molar-refractivity contribution >= 4 is 17.6 Å². The van der Waals surface area contributed by atoms with Crippen molar-refractivity contribution in [3.05, 3.63) is 134 Å². The normalized spacial score (nSPS) is 18.4. The minimum absolute atomic E-state index is 0.0114. The van der Waals surface area contributed by atoms with Crippen molar-refractivity contribution in [2.45, 2.75) is 39.0 Å². The van der Waals surface area contributed by atoms with E-state index in [1.165, 1.54) is 12.1 Å². The molecule has 2 N–H and O–H groups in total. The number of carbonyl (C=O) groups excluding carboxylic acids is 2. The van der Waals surface area contributed by atoms with Gasteiger partial charge in [-0.2, -0.15) is 0 Å². The molecule has 0 radical (unpaired) electrons. The van der Waals surface area contributed by atoms with Gasteiger partial charge in [0.05, 0.1) is 31.0 Å². The van der Waals surface area contributed by atoms with Crippen LogP contribution in [0.2, 0.25) is 0 Å². The molecule has 0 saturated carbocycles. The van der Waals surface area contributed by atoms with Gasteiger partial charge in [0.25, 0.3) is 5.69 Å². The van der Waals surface area contributed by atoms with Crippen LogP contribution < -0.4 is 5.73 Å². The Hall–Kier alpha value is -4.60. The molecule has 0 spiro atoms. The smallest absolute Gasteiger partial charge is 0.340 e. The highest BCUT2D eigenvalue weighted by Gasteiger charge is 2.48. The summed E-state index contributed by atoms with van der Waals surface area (Å²) in [6.07, 6.45) is 0.696. The molecule has 0 aromatic heterocycles. The molecule has 0 saturated heterocycles. The summed E-state index contributed by atoms with van der Waals surface area (Å²) in [6, 6.07) is 26.5. The zero-order valence-corrected chi connectivity index (χ0v) is 25.7. The van der Waals surface area contributed by atoms with Crippen LogP contribution in [0.25, 0.3) is 0 Å². The maximum atomic E-state index is 13.8. The lowest BCUT2D eigenvalue weighted by atomic mass is 9.78. The van der Waals surface area contributed by atoms with Gasteiger partial charge >= 0.3 is 11.9 Å². The van der Waals surface area contributed by atoms with Gasteiger partial charge in [-0.1, -0.05) is 72.8 Å². The summed E-state index contributed by atoms with van der Waals surface area (Å²) in [4.78, 5) is 38.8. The second kappa shape index (κ2) is 14.2. The summed E-state index contributed by atoms with van der Waals surface area (Å²) in [6.45, 7) is 6.25. The van der Waals surface area contributed by atoms with Crippen molar-refractivity contribution < 1.29 is 28.5 Å². The van der Waals surface area contributed by atoms with Crippen LogP contribution in [0.4, 0.5) is 5.69 Å². The molecule has 1 aliphatic heterocycles. The van der Waals surface area contributed by atoms with Gasteiger partial charge in [0, 0.05) is 44.9 Å². The molecule has 0 fully saturated rings. The Labute approximate surface area is 258 Å². The quantitative estimate of drug-likeness (QED) is 0.118. The van der Waals surface area contributed by atoms with Crippen molar-refractivity contribution in [1.29, 1.82) is 0 Å². The number of rotatable bonds is 12. The summed E-state index contributed by atoms with van der Waals surface area (Å²) in [5, 5.41) is 11.7. The molecule has 0 aliphatic carbocycles. The Morgan fingerprint density at radius 3 is 1.93 bits per heavy atom. The summed E-state index contributed by atoms with van der Waals surface area (Å²) in [5.41, 5.74) is 10.2. The minimum Gasteiger partial charge on any atom is -0.462 e. The van der Waals surface area contributed by atoms with Gasteiger partial charge in [0.1, 0.15) is 29.1 Å². The van der Waals surface area contributed by atoms with Crippen LogP contribution in [0.15, 0.2) is 107 Å². The van der Waals surface area contributed by atoms with Crippen LogP contribution >= 0.6 is 0 Å². The summed E-state index contributed by atoms with van der Waals surface area (Å²) < 4.78 is 11.3. The van der Waals surface area contributed by atoms with Crippen LogP contribution in [0.1, 0.15) is 55.7 Å². The lowest BCUT2D eigenvalue weighted by Crippen LogP contribution is -2.48. The fourth-order valence-corrected chi connectivity index (χ4v) is 6.09. The average molecular weight is 599 g/mol. The van der Waals surface area contributed by atoms with Gasteiger partial charge in [-0.15, -0.1) is 0 Å². The molecule has 230 valence electrons. The number of nitrogens with two attached hydrogens (primary N) is 1. The Bertz CT molecular complexity index is 1530. The minimum atomic E-state index is -0.926. The molecule has 0 amide bonds. The number of non-ortho nitro benzene ring substituents is 1. The highest BCUT2D eigenvalue weighted by molar-refractivity contribution is 5.99. The van der Waals surface area contributed by atoms with Crippen LogP contribution in [-0.4, -0.2) is 54.7 Å². The number of benzene rings is 3. The lowest BCUT2D eigenvalue weighted by Gasteiger charge is -2.43. The summed E-state index contributed by atoms with van der Waals surface area (Å²) in [7, 11) is 1.98. The fraction of sp³-hybridized carbons (Fsp3) is 0.314. The third-order valence-electron chi connectivity index (χ3n) is 8.59. The molecule has 2 unspecified atom stereocenters. The Kier molecular flexibility index (Phi) is 10.5. The monoisotopic (exact) mass is 598 g/mol. The molecule has 9 heteroatoms. The maximum Gasteiger partial charge on any atom is 0.340 e. The lowest BCUT2D eigenvalue weighted by molar-refractivity contribution is -0.836. The van der Waals surface area contributed by atoms with Crippen LogP contribution in [-0.2, 0) is 19.1 Å². The number of esters is 2. The zero-order valence-electron chi connectivity index (χ0n) is 25.7. The number of nitro benzene ring substituents is 1. The molecule has 9 nitrogen and oxygen atoms in total. The van der Waals surface area contributed by atoms with Gasteiger partial charge in [-0.05, 0) is 23.6 Å². The Morgan fingerprint density at radius 2 is 1.43 bits per heavy atom. The van der Waals surface area contributed by atoms with E-state index >= 15 is 0 Å². The molecule has 1 aliphatic rings. The average Bonchev–Trinajstić information content (AvgIpc) is 3.03. The molecule has 3 aromatic carbocycles. The van der Waals surface area contributed by atoms with Crippen LogP contribution in [0.5, 0.6) is 0 Å². The van der Waals surface area contributed by atoms with Crippen molar-refractivity contribution in [3.8, 4) is 0 Å². The van der Waals surface area contributed by atoms with E-state index < -0.39 is 22.8 Å². The number of quaternary nitrogens is 1. The van der Waals surface area contributed by atoms with Gasteiger partial charge in [0.2, 0.25) is 0 Å². The third-order valence-corrected chi connectivity index (χ3v) is 8.59. The van der Waals surface area contributed by atoms with Gasteiger partial charge in [0.15, 0.2) is 0 Å². The van der Waals surface area contributed by atoms with Crippen molar-refractivity contribution in [1.82, 2.24) is 0 Å². The van der Waals surface area contributed by atoms with E-state index in [1.807, 2.05) is 57.3 Å². The van der Waals surface area contributed by atoms with Gasteiger partial charge < -0.3 is 15.2 Å². The van der Waals surface area contributed by atoms with E-state index in [9.17, 15) is 19.7 Å². The fourth-order valence-electron chi connectivity index (χ4n) is 6.09. The van der Waals surface area contributed by atoms with Crippen LogP contribution in [0.3, 0.4) is 0 Å². The topological polar surface area (TPSA) is 122 Å². The first-order valence-electron chi connectivity index (χ1n) is 14.8. The zero-order chi connectivity index (χ0) is 31.9. The van der Waals surface area contributed by atoms with Crippen molar-refractivity contribution in [2.24, 2.45) is 5.73 Å². The molecule has 4 rings (SSSR count). The molecular weight excluding hydrogens is 558 g/mol. The molecule has 2 atom stereocenters. The molecule has 44 heavy (non-hydrogen) atoms. The first-order valence-corrected chi connectivity index (χ1v) is 14.8. The van der Waals surface area contributed by atoms with E-state index in [0.717, 1.165) is 11.1 Å². The molecule has 1 heterocycles. The number of hydrogen-bond acceptors (Lipinski definition) is 7. The van der Waals surface area contributed by atoms with E-state index in [1.54, 1.807) is 19.1 Å². The summed E-state index contributed by atoms with van der Waals surface area (Å²) >= 11 is 0. The SMILES string of the molecule is CCOC(=O)C1=C(C)[N+](C)(CCC(c2ccccc2)c2ccccc2)C(C)=C(C(=O)OCCN)C1c1cccc([N+](=O)[O-])c1. The van der Waals surface area contributed by atoms with Crippen molar-refractivity contribution in [2.75, 3.05) is 33.4 Å². The predicted octanol–water partition coefficient (Wildman–Crippen LogP) is 5.97. The predicted molar refractivity (Wildman–Crippen MR) is 168 cm³/mol. The number of nitrogens with zero attached hydrogens (tertiary/aromatic N) is 2. The second-order valence-corrected chi connectivity index (χ2v) is 11.0. The molecule has 0 bridgehead atoms. The standard InChI is InChI=1S/C35H40N3O6/c1-5-43-34(39)31-24(2)38(4,21-19-30(26-13-8-6-9-14-26)27-15-10-7-11-16-27)25(3)32(35(40)44-22-20-36)33(31)28-17-12-18-29(23-28)37(41)42/h6-18,23,30,33H,5,19-22,36H2,1-4H3/q+1. The van der Waals surface area contributed by atoms with E-state index in [2.05, 4.69) is 24.3 Å². The Balaban J connectivity index is 1.90. The van der Waals surface area contributed by atoms with Crippen molar-refractivity contribution in [3.63, 3.8) is 0 Å². The first-order chi connectivity index (χ1) is 21.1. The van der Waals surface area contributed by atoms with Gasteiger partial charge in [-0.25, -0.2) is 9.59 Å². The number of hydrogen-bond donors (Lipinski definition) is 1. The molecule has 3 aromatic rings. The second-order valence-electron chi connectivity index (χ2n) is 11.0. The highest BCUT2D eigenvalue weighted by atomic mass is 16.6. The van der Waals surface area contributed by atoms with E-state index in [-0.39, 0.29) is 47.0 Å². The molecular formula is C35H40N3O6+. The highest BCUT2D eigenvalue weighted by Crippen LogP contribution is 2.47. The van der Waals surface area contributed by atoms with Crippen LogP contribution in [0, 0.1) is 10.1 Å². The number of ether oxygens (including phenoxy) is 2. The largest absolute Gasteiger partial charge is 0.462 e.